The first-order valence-electron chi connectivity index (χ1n) is 8.47. The summed E-state index contributed by atoms with van der Waals surface area (Å²) in [6.45, 7) is 2.65. The quantitative estimate of drug-likeness (QED) is 0.681. The molecular weight excluding hydrogens is 278 g/mol. The van der Waals surface area contributed by atoms with Gasteiger partial charge in [-0.05, 0) is 43.7 Å². The fraction of sp³-hybridized carbons (Fsp3) is 0.273. The zero-order chi connectivity index (χ0) is 16.3. The Labute approximate surface area is 140 Å². The first-order chi connectivity index (χ1) is 11.3. The van der Waals surface area contributed by atoms with Crippen LogP contribution in [0.15, 0.2) is 84.0 Å². The Bertz CT molecular complexity index is 627. The van der Waals surface area contributed by atoms with Crippen molar-refractivity contribution in [2.75, 3.05) is 6.54 Å². The van der Waals surface area contributed by atoms with Crippen molar-refractivity contribution in [1.82, 2.24) is 0 Å². The minimum Gasteiger partial charge on any atom is -0.327 e. The average Bonchev–Trinajstić information content (AvgIpc) is 2.60. The molecule has 0 saturated carbocycles. The van der Waals surface area contributed by atoms with Crippen LogP contribution in [0.3, 0.4) is 0 Å². The highest BCUT2D eigenvalue weighted by Gasteiger charge is 2.01. The van der Waals surface area contributed by atoms with Gasteiger partial charge in [0.25, 0.3) is 0 Å². The van der Waals surface area contributed by atoms with Crippen LogP contribution in [-0.2, 0) is 0 Å². The molecule has 1 aromatic rings. The average molecular weight is 305 g/mol. The molecule has 0 bridgehead atoms. The largest absolute Gasteiger partial charge is 0.327 e. The molecule has 0 aliphatic heterocycles. The second-order valence-corrected chi connectivity index (χ2v) is 5.89. The number of rotatable bonds is 6. The van der Waals surface area contributed by atoms with E-state index in [4.69, 9.17) is 5.73 Å². The van der Waals surface area contributed by atoms with Gasteiger partial charge in [-0.1, -0.05) is 84.0 Å². The third-order valence-electron chi connectivity index (χ3n) is 3.98. The minimum atomic E-state index is 0.583. The lowest BCUT2D eigenvalue weighted by atomic mass is 9.97. The summed E-state index contributed by atoms with van der Waals surface area (Å²) in [5.41, 5.74) is 10.7. The van der Waals surface area contributed by atoms with Crippen molar-refractivity contribution in [2.24, 2.45) is 5.73 Å². The summed E-state index contributed by atoms with van der Waals surface area (Å²) < 4.78 is 0. The van der Waals surface area contributed by atoms with E-state index in [0.29, 0.717) is 6.54 Å². The van der Waals surface area contributed by atoms with Crippen LogP contribution < -0.4 is 5.73 Å². The van der Waals surface area contributed by atoms with Gasteiger partial charge >= 0.3 is 0 Å². The lowest BCUT2D eigenvalue weighted by Crippen LogP contribution is -1.93. The fourth-order valence-electron chi connectivity index (χ4n) is 2.65. The third kappa shape index (κ3) is 6.25. The first-order valence-corrected chi connectivity index (χ1v) is 8.47. The minimum absolute atomic E-state index is 0.583. The molecule has 0 fully saturated rings. The highest BCUT2D eigenvalue weighted by atomic mass is 14.5. The van der Waals surface area contributed by atoms with Gasteiger partial charge in [0.1, 0.15) is 0 Å². The molecular formula is C22H27N. The maximum Gasteiger partial charge on any atom is 0.0112 e. The molecule has 120 valence electrons. The van der Waals surface area contributed by atoms with Gasteiger partial charge in [0.2, 0.25) is 0 Å². The smallest absolute Gasteiger partial charge is 0.0112 e. The molecule has 2 N–H and O–H groups in total. The highest BCUT2D eigenvalue weighted by molar-refractivity contribution is 5.75. The van der Waals surface area contributed by atoms with E-state index in [9.17, 15) is 0 Å². The van der Waals surface area contributed by atoms with Crippen LogP contribution in [0.2, 0.25) is 0 Å². The van der Waals surface area contributed by atoms with Crippen molar-refractivity contribution in [3.05, 3.63) is 89.6 Å². The van der Waals surface area contributed by atoms with Crippen molar-refractivity contribution in [3.8, 4) is 0 Å². The van der Waals surface area contributed by atoms with Gasteiger partial charge in [0.15, 0.2) is 0 Å². The Hall–Kier alpha value is -2.12. The van der Waals surface area contributed by atoms with E-state index < -0.39 is 0 Å². The van der Waals surface area contributed by atoms with Crippen molar-refractivity contribution < 1.29 is 0 Å². The number of hydrogen-bond donors (Lipinski definition) is 1. The van der Waals surface area contributed by atoms with Crippen LogP contribution in [0.1, 0.15) is 38.2 Å². The second kappa shape index (κ2) is 9.81. The van der Waals surface area contributed by atoms with Crippen LogP contribution in [-0.4, -0.2) is 6.54 Å². The number of hydrogen-bond acceptors (Lipinski definition) is 1. The zero-order valence-electron chi connectivity index (χ0n) is 14.0. The molecule has 1 aromatic carbocycles. The summed E-state index contributed by atoms with van der Waals surface area (Å²) in [5.74, 6) is 0. The van der Waals surface area contributed by atoms with E-state index in [1.807, 2.05) is 6.08 Å². The summed E-state index contributed by atoms with van der Waals surface area (Å²) >= 11 is 0. The van der Waals surface area contributed by atoms with Gasteiger partial charge in [-0.2, -0.15) is 0 Å². The maximum absolute atomic E-state index is 5.54. The lowest BCUT2D eigenvalue weighted by molar-refractivity contribution is 0.712. The van der Waals surface area contributed by atoms with E-state index in [1.54, 1.807) is 0 Å². The summed E-state index contributed by atoms with van der Waals surface area (Å²) in [5, 5.41) is 0. The molecule has 0 spiro atoms. The predicted octanol–water partition coefficient (Wildman–Crippen LogP) is 5.59. The molecule has 0 amide bonds. The van der Waals surface area contributed by atoms with Crippen LogP contribution in [0.4, 0.5) is 0 Å². The monoisotopic (exact) mass is 305 g/mol. The SMILES string of the molecule is CC(/C=C/C=C(/C=C/C1=CCCCC1)c1ccccc1)=C\CN. The molecule has 0 heterocycles. The summed E-state index contributed by atoms with van der Waals surface area (Å²) in [6, 6.07) is 10.5. The van der Waals surface area contributed by atoms with E-state index in [0.717, 1.165) is 0 Å². The number of nitrogens with two attached hydrogens (primary N) is 1. The Morgan fingerprint density at radius 3 is 2.65 bits per heavy atom. The van der Waals surface area contributed by atoms with Crippen LogP contribution in [0, 0.1) is 0 Å². The van der Waals surface area contributed by atoms with E-state index in [2.05, 4.69) is 73.7 Å². The van der Waals surface area contributed by atoms with Crippen LogP contribution >= 0.6 is 0 Å². The molecule has 0 unspecified atom stereocenters. The first kappa shape index (κ1) is 17.2. The molecule has 0 atom stereocenters. The summed E-state index contributed by atoms with van der Waals surface area (Å²) in [6.07, 6.45) is 20.3. The summed E-state index contributed by atoms with van der Waals surface area (Å²) in [4.78, 5) is 0. The Morgan fingerprint density at radius 2 is 1.96 bits per heavy atom. The molecule has 1 aliphatic rings. The van der Waals surface area contributed by atoms with Gasteiger partial charge in [0.05, 0.1) is 0 Å². The van der Waals surface area contributed by atoms with Crippen LogP contribution in [0.5, 0.6) is 0 Å². The molecule has 23 heavy (non-hydrogen) atoms. The van der Waals surface area contributed by atoms with Gasteiger partial charge in [0, 0.05) is 6.54 Å². The zero-order valence-corrected chi connectivity index (χ0v) is 14.0. The van der Waals surface area contributed by atoms with Crippen molar-refractivity contribution in [3.63, 3.8) is 0 Å². The lowest BCUT2D eigenvalue weighted by Gasteiger charge is -2.09. The Balaban J connectivity index is 2.20. The molecule has 0 aromatic heterocycles. The van der Waals surface area contributed by atoms with Crippen molar-refractivity contribution in [1.29, 1.82) is 0 Å². The van der Waals surface area contributed by atoms with E-state index in [1.165, 1.54) is 48.0 Å². The number of allylic oxidation sites excluding steroid dienone is 9. The van der Waals surface area contributed by atoms with Crippen molar-refractivity contribution in [2.45, 2.75) is 32.6 Å². The second-order valence-electron chi connectivity index (χ2n) is 5.89. The topological polar surface area (TPSA) is 26.0 Å². The van der Waals surface area contributed by atoms with Crippen LogP contribution in [0.25, 0.3) is 5.57 Å². The van der Waals surface area contributed by atoms with E-state index in [-0.39, 0.29) is 0 Å². The Morgan fingerprint density at radius 1 is 1.13 bits per heavy atom. The molecule has 2 rings (SSSR count). The van der Waals surface area contributed by atoms with Crippen molar-refractivity contribution >= 4 is 5.57 Å². The third-order valence-corrected chi connectivity index (χ3v) is 3.98. The molecule has 1 nitrogen and oxygen atoms in total. The fourth-order valence-corrected chi connectivity index (χ4v) is 2.65. The van der Waals surface area contributed by atoms with Gasteiger partial charge in [-0.3, -0.25) is 0 Å². The summed E-state index contributed by atoms with van der Waals surface area (Å²) in [7, 11) is 0. The van der Waals surface area contributed by atoms with Gasteiger partial charge in [-0.15, -0.1) is 0 Å². The Kier molecular flexibility index (Phi) is 7.35. The molecule has 0 saturated heterocycles. The molecule has 1 heteroatoms. The predicted molar refractivity (Wildman–Crippen MR) is 102 cm³/mol. The molecule has 1 aliphatic carbocycles. The maximum atomic E-state index is 5.54. The number of benzene rings is 1. The van der Waals surface area contributed by atoms with Gasteiger partial charge < -0.3 is 5.73 Å². The van der Waals surface area contributed by atoms with E-state index >= 15 is 0 Å². The molecule has 0 radical (unpaired) electrons. The normalized spacial score (nSPS) is 17.0. The standard InChI is InChI=1S/C22H27N/c1-19(17-18-23)9-8-14-22(21-12-6-3-7-13-21)16-15-20-10-4-2-5-11-20/h3,6-10,12-17H,2,4-5,11,18,23H2,1H3/b9-8+,16-15+,19-17+,22-14-. The van der Waals surface area contributed by atoms with Gasteiger partial charge in [-0.25, -0.2) is 0 Å². The highest BCUT2D eigenvalue weighted by Crippen LogP contribution is 2.21.